The van der Waals surface area contributed by atoms with Crippen LogP contribution in [0, 0.1) is 11.8 Å². The number of nitrogens with one attached hydrogen (secondary N) is 1. The van der Waals surface area contributed by atoms with Crippen LogP contribution in [0.25, 0.3) is 0 Å². The Morgan fingerprint density at radius 2 is 2.00 bits per heavy atom. The van der Waals surface area contributed by atoms with Crippen molar-refractivity contribution in [1.29, 1.82) is 0 Å². The summed E-state index contributed by atoms with van der Waals surface area (Å²) in [5.41, 5.74) is 6.44. The second kappa shape index (κ2) is 11.0. The molecule has 3 N–H and O–H groups in total. The Kier molecular flexibility index (Phi) is 9.44. The molecule has 1 aromatic carbocycles. The lowest BCUT2D eigenvalue weighted by Gasteiger charge is -2.19. The van der Waals surface area contributed by atoms with E-state index in [-0.39, 0.29) is 42.7 Å². The minimum Gasteiger partial charge on any atom is -0.484 e. The molecule has 0 radical (unpaired) electrons. The molecule has 0 aromatic heterocycles. The largest absolute Gasteiger partial charge is 0.484 e. The lowest BCUT2D eigenvalue weighted by molar-refractivity contribution is -0.133. The maximum absolute atomic E-state index is 12.5. The van der Waals surface area contributed by atoms with Crippen LogP contribution in [-0.2, 0) is 9.59 Å². The number of benzene rings is 1. The molecule has 0 spiro atoms. The van der Waals surface area contributed by atoms with Gasteiger partial charge in [-0.15, -0.1) is 12.4 Å². The number of hydrogen-bond acceptors (Lipinski definition) is 4. The Morgan fingerprint density at radius 1 is 1.27 bits per heavy atom. The van der Waals surface area contributed by atoms with Crippen molar-refractivity contribution in [2.75, 3.05) is 31.6 Å². The van der Waals surface area contributed by atoms with Crippen molar-refractivity contribution in [3.05, 3.63) is 24.3 Å². The van der Waals surface area contributed by atoms with Crippen molar-refractivity contribution < 1.29 is 14.3 Å². The summed E-state index contributed by atoms with van der Waals surface area (Å²) >= 11 is 0. The van der Waals surface area contributed by atoms with Crippen molar-refractivity contribution in [3.8, 4) is 5.75 Å². The molecule has 26 heavy (non-hydrogen) atoms. The third kappa shape index (κ3) is 5.88. The molecule has 1 aromatic rings. The Bertz CT molecular complexity index is 593. The average molecular weight is 384 g/mol. The number of likely N-dealkylation sites (N-methyl/N-ethyl adjacent to an activating group) is 1. The van der Waals surface area contributed by atoms with Gasteiger partial charge in [-0.2, -0.15) is 0 Å². The van der Waals surface area contributed by atoms with Crippen LogP contribution in [0.15, 0.2) is 24.3 Å². The van der Waals surface area contributed by atoms with Gasteiger partial charge in [-0.25, -0.2) is 0 Å². The third-order valence-electron chi connectivity index (χ3n) is 4.88. The normalized spacial score (nSPS) is 18.7. The van der Waals surface area contributed by atoms with Gasteiger partial charge in [0.25, 0.3) is 5.91 Å². The van der Waals surface area contributed by atoms with Gasteiger partial charge in [-0.05, 0) is 51.3 Å². The highest BCUT2D eigenvalue weighted by atomic mass is 35.5. The predicted molar refractivity (Wildman–Crippen MR) is 106 cm³/mol. The van der Waals surface area contributed by atoms with Gasteiger partial charge < -0.3 is 20.7 Å². The molecule has 2 amide bonds. The van der Waals surface area contributed by atoms with Crippen LogP contribution in [0.4, 0.5) is 5.69 Å². The number of anilines is 1. The fourth-order valence-electron chi connectivity index (χ4n) is 3.38. The molecule has 0 aliphatic heterocycles. The first-order valence-corrected chi connectivity index (χ1v) is 9.10. The molecule has 0 bridgehead atoms. The quantitative estimate of drug-likeness (QED) is 0.722. The molecule has 0 unspecified atom stereocenters. The SMILES string of the molecule is CCN(CC)C(=O)COc1cccc(NC(=O)[C@@H]2CCC[C@@H]2CN)c1.Cl. The summed E-state index contributed by atoms with van der Waals surface area (Å²) in [4.78, 5) is 26.2. The third-order valence-corrected chi connectivity index (χ3v) is 4.88. The van der Waals surface area contributed by atoms with Crippen LogP contribution in [0.2, 0.25) is 0 Å². The van der Waals surface area contributed by atoms with E-state index in [1.807, 2.05) is 26.0 Å². The predicted octanol–water partition coefficient (Wildman–Crippen LogP) is 2.67. The van der Waals surface area contributed by atoms with Crippen molar-refractivity contribution >= 4 is 29.9 Å². The fourth-order valence-corrected chi connectivity index (χ4v) is 3.38. The number of halogens is 1. The molecule has 146 valence electrons. The van der Waals surface area contributed by atoms with Crippen molar-refractivity contribution in [1.82, 2.24) is 4.90 Å². The monoisotopic (exact) mass is 383 g/mol. The molecular formula is C19H30ClN3O3. The number of carbonyl (C=O) groups is 2. The lowest BCUT2D eigenvalue weighted by Crippen LogP contribution is -2.34. The number of ether oxygens (including phenoxy) is 1. The van der Waals surface area contributed by atoms with Crippen LogP contribution in [0.1, 0.15) is 33.1 Å². The van der Waals surface area contributed by atoms with Gasteiger partial charge in [0.05, 0.1) is 0 Å². The van der Waals surface area contributed by atoms with E-state index in [0.29, 0.717) is 31.1 Å². The zero-order valence-electron chi connectivity index (χ0n) is 15.6. The topological polar surface area (TPSA) is 84.7 Å². The van der Waals surface area contributed by atoms with Gasteiger partial charge in [0.1, 0.15) is 5.75 Å². The van der Waals surface area contributed by atoms with Gasteiger partial charge in [0.15, 0.2) is 6.61 Å². The molecule has 6 nitrogen and oxygen atoms in total. The molecule has 1 aliphatic rings. The smallest absolute Gasteiger partial charge is 0.260 e. The maximum atomic E-state index is 12.5. The molecule has 0 saturated heterocycles. The van der Waals surface area contributed by atoms with E-state index in [9.17, 15) is 9.59 Å². The molecule has 1 fully saturated rings. The Hall–Kier alpha value is -1.79. The first-order valence-electron chi connectivity index (χ1n) is 9.10. The Labute approximate surface area is 161 Å². The second-order valence-corrected chi connectivity index (χ2v) is 6.40. The molecule has 0 heterocycles. The summed E-state index contributed by atoms with van der Waals surface area (Å²) in [6.07, 6.45) is 2.96. The van der Waals surface area contributed by atoms with Crippen molar-refractivity contribution in [2.45, 2.75) is 33.1 Å². The molecular weight excluding hydrogens is 354 g/mol. The lowest BCUT2D eigenvalue weighted by atomic mass is 9.95. The van der Waals surface area contributed by atoms with Crippen molar-refractivity contribution in [3.63, 3.8) is 0 Å². The van der Waals surface area contributed by atoms with E-state index in [4.69, 9.17) is 10.5 Å². The highest BCUT2D eigenvalue weighted by Gasteiger charge is 2.31. The fraction of sp³-hybridized carbons (Fsp3) is 0.579. The number of amides is 2. The Balaban J connectivity index is 0.00000338. The molecule has 1 aliphatic carbocycles. The number of nitrogens with zero attached hydrogens (tertiary/aromatic N) is 1. The van der Waals surface area contributed by atoms with Crippen LogP contribution in [0.5, 0.6) is 5.75 Å². The number of hydrogen-bond donors (Lipinski definition) is 2. The summed E-state index contributed by atoms with van der Waals surface area (Å²) in [5, 5.41) is 2.95. The van der Waals surface area contributed by atoms with Gasteiger partial charge >= 0.3 is 0 Å². The van der Waals surface area contributed by atoms with E-state index < -0.39 is 0 Å². The zero-order valence-corrected chi connectivity index (χ0v) is 16.4. The first-order chi connectivity index (χ1) is 12.1. The van der Waals surface area contributed by atoms with Gasteiger partial charge in [0, 0.05) is 30.8 Å². The van der Waals surface area contributed by atoms with Crippen LogP contribution < -0.4 is 15.8 Å². The molecule has 2 rings (SSSR count). The molecule has 1 saturated carbocycles. The Morgan fingerprint density at radius 3 is 2.65 bits per heavy atom. The minimum absolute atomic E-state index is 0. The van der Waals surface area contributed by atoms with E-state index in [2.05, 4.69) is 5.32 Å². The minimum atomic E-state index is -0.0452. The summed E-state index contributed by atoms with van der Waals surface area (Å²) in [6, 6.07) is 7.16. The highest BCUT2D eigenvalue weighted by molar-refractivity contribution is 5.93. The van der Waals surface area contributed by atoms with Gasteiger partial charge in [0.2, 0.25) is 5.91 Å². The molecule has 7 heteroatoms. The highest BCUT2D eigenvalue weighted by Crippen LogP contribution is 2.32. The number of nitrogens with two attached hydrogens (primary N) is 1. The standard InChI is InChI=1S/C19H29N3O3.ClH/c1-3-22(4-2)18(23)13-25-16-9-6-8-15(11-16)21-19(24)17-10-5-7-14(17)12-20;/h6,8-9,11,14,17H,3-5,7,10,12-13,20H2,1-2H3,(H,21,24);1H/t14-,17-;/m1./s1. The number of carbonyl (C=O) groups excluding carboxylic acids is 2. The molecule has 2 atom stereocenters. The summed E-state index contributed by atoms with van der Waals surface area (Å²) < 4.78 is 5.58. The van der Waals surface area contributed by atoms with E-state index >= 15 is 0 Å². The van der Waals surface area contributed by atoms with Gasteiger partial charge in [-0.1, -0.05) is 12.5 Å². The first kappa shape index (κ1) is 22.3. The average Bonchev–Trinajstić information content (AvgIpc) is 3.10. The van der Waals surface area contributed by atoms with E-state index in [0.717, 1.165) is 19.3 Å². The van der Waals surface area contributed by atoms with Gasteiger partial charge in [-0.3, -0.25) is 9.59 Å². The van der Waals surface area contributed by atoms with Crippen LogP contribution in [-0.4, -0.2) is 43.0 Å². The zero-order chi connectivity index (χ0) is 18.2. The summed E-state index contributed by atoms with van der Waals surface area (Å²) in [5.74, 6) is 0.797. The summed E-state index contributed by atoms with van der Waals surface area (Å²) in [7, 11) is 0. The van der Waals surface area contributed by atoms with E-state index in [1.54, 1.807) is 17.0 Å². The van der Waals surface area contributed by atoms with Crippen molar-refractivity contribution in [2.24, 2.45) is 17.6 Å². The van der Waals surface area contributed by atoms with Crippen LogP contribution >= 0.6 is 12.4 Å². The maximum Gasteiger partial charge on any atom is 0.260 e. The summed E-state index contributed by atoms with van der Waals surface area (Å²) in [6.45, 7) is 5.76. The number of rotatable bonds is 8. The van der Waals surface area contributed by atoms with Crippen LogP contribution in [0.3, 0.4) is 0 Å². The second-order valence-electron chi connectivity index (χ2n) is 6.40. The van der Waals surface area contributed by atoms with E-state index in [1.165, 1.54) is 0 Å².